The first-order chi connectivity index (χ1) is 30.2. The lowest BCUT2D eigenvalue weighted by Gasteiger charge is -2.34. The van der Waals surface area contributed by atoms with Crippen LogP contribution in [0.3, 0.4) is 0 Å². The summed E-state index contributed by atoms with van der Waals surface area (Å²) in [5, 5.41) is 4.75. The molecule has 0 amide bonds. The van der Waals surface area contributed by atoms with E-state index in [1.54, 1.807) is 0 Å². The number of anilines is 3. The van der Waals surface area contributed by atoms with Gasteiger partial charge in [0.05, 0.1) is 5.41 Å². The molecule has 0 unspecified atom stereocenters. The predicted octanol–water partition coefficient (Wildman–Crippen LogP) is 15.9. The van der Waals surface area contributed by atoms with Crippen molar-refractivity contribution in [3.63, 3.8) is 0 Å². The van der Waals surface area contributed by atoms with Crippen molar-refractivity contribution in [1.29, 1.82) is 0 Å². The van der Waals surface area contributed by atoms with Crippen molar-refractivity contribution in [2.24, 2.45) is 0 Å². The van der Waals surface area contributed by atoms with Crippen LogP contribution in [-0.2, 0) is 5.41 Å². The number of fused-ring (bicyclic) bond motifs is 7. The van der Waals surface area contributed by atoms with E-state index in [4.69, 9.17) is 4.42 Å². The van der Waals surface area contributed by atoms with Gasteiger partial charge in [0.25, 0.3) is 0 Å². The molecular weight excluding hydrogens is 739 g/mol. The van der Waals surface area contributed by atoms with Crippen LogP contribution in [0.15, 0.2) is 241 Å². The van der Waals surface area contributed by atoms with Crippen LogP contribution in [0, 0.1) is 0 Å². The molecule has 286 valence electrons. The molecule has 1 heterocycles. The molecule has 2 heteroatoms. The van der Waals surface area contributed by atoms with Crippen LogP contribution >= 0.6 is 0 Å². The second-order valence-corrected chi connectivity index (χ2v) is 16.0. The lowest BCUT2D eigenvalue weighted by atomic mass is 9.68. The number of nitrogens with zero attached hydrogens (tertiary/aromatic N) is 1. The molecule has 61 heavy (non-hydrogen) atoms. The van der Waals surface area contributed by atoms with E-state index < -0.39 is 5.41 Å². The number of rotatable bonds is 7. The van der Waals surface area contributed by atoms with Gasteiger partial charge >= 0.3 is 0 Å². The number of hydrogen-bond donors (Lipinski definition) is 0. The van der Waals surface area contributed by atoms with Crippen molar-refractivity contribution in [3.05, 3.63) is 259 Å². The molecule has 1 aromatic heterocycles. The Morgan fingerprint density at radius 1 is 0.328 bits per heavy atom. The summed E-state index contributed by atoms with van der Waals surface area (Å²) < 4.78 is 6.45. The topological polar surface area (TPSA) is 16.4 Å². The fraction of sp³-hybridized carbons (Fsp3) is 0.0169. The SMILES string of the molecule is c1ccc(C2(c3ccc(N(c4ccc(-c5ccc6ccccc6c5)cc4)c4ccc(-c5cccc6c5oc5ccccc56)cc4)cc3)c3ccccc3-c3ccccc32)cc1. The van der Waals surface area contributed by atoms with Gasteiger partial charge in [0.1, 0.15) is 11.2 Å². The summed E-state index contributed by atoms with van der Waals surface area (Å²) in [6.45, 7) is 0. The average molecular weight is 778 g/mol. The fourth-order valence-electron chi connectivity index (χ4n) is 9.96. The first kappa shape index (κ1) is 35.0. The summed E-state index contributed by atoms with van der Waals surface area (Å²) in [5.41, 5.74) is 16.9. The molecule has 0 aliphatic heterocycles. The van der Waals surface area contributed by atoms with Gasteiger partial charge in [0.2, 0.25) is 0 Å². The molecule has 0 N–H and O–H groups in total. The maximum absolute atomic E-state index is 6.45. The summed E-state index contributed by atoms with van der Waals surface area (Å²) in [5.74, 6) is 0. The van der Waals surface area contributed by atoms with E-state index in [0.29, 0.717) is 0 Å². The highest BCUT2D eigenvalue weighted by molar-refractivity contribution is 6.09. The molecule has 0 saturated heterocycles. The summed E-state index contributed by atoms with van der Waals surface area (Å²) >= 11 is 0. The molecule has 0 atom stereocenters. The van der Waals surface area contributed by atoms with Crippen LogP contribution in [0.25, 0.3) is 66.1 Å². The number of benzene rings is 10. The first-order valence-corrected chi connectivity index (χ1v) is 21.0. The van der Waals surface area contributed by atoms with Gasteiger partial charge in [0, 0.05) is 33.4 Å². The van der Waals surface area contributed by atoms with Gasteiger partial charge in [-0.1, -0.05) is 188 Å². The molecule has 2 nitrogen and oxygen atoms in total. The Bertz CT molecular complexity index is 3350. The van der Waals surface area contributed by atoms with Crippen molar-refractivity contribution in [3.8, 4) is 33.4 Å². The van der Waals surface area contributed by atoms with Crippen molar-refractivity contribution in [2.75, 3.05) is 4.90 Å². The molecule has 0 saturated carbocycles. The first-order valence-electron chi connectivity index (χ1n) is 21.0. The minimum absolute atomic E-state index is 0.460. The van der Waals surface area contributed by atoms with Crippen LogP contribution in [0.5, 0.6) is 0 Å². The third-order valence-corrected chi connectivity index (χ3v) is 12.8. The monoisotopic (exact) mass is 777 g/mol. The van der Waals surface area contributed by atoms with Gasteiger partial charge in [-0.2, -0.15) is 0 Å². The number of para-hydroxylation sites is 2. The molecule has 0 spiro atoms. The molecule has 1 aliphatic carbocycles. The summed E-state index contributed by atoms with van der Waals surface area (Å²) in [6, 6.07) is 86.0. The van der Waals surface area contributed by atoms with Crippen molar-refractivity contribution in [1.82, 2.24) is 0 Å². The van der Waals surface area contributed by atoms with Gasteiger partial charge in [-0.25, -0.2) is 0 Å². The Labute approximate surface area is 355 Å². The molecule has 1 aliphatic rings. The zero-order chi connectivity index (χ0) is 40.3. The van der Waals surface area contributed by atoms with E-state index in [9.17, 15) is 0 Å². The maximum atomic E-state index is 6.45. The molecule has 0 bridgehead atoms. The highest BCUT2D eigenvalue weighted by Crippen LogP contribution is 2.56. The molecule has 10 aromatic carbocycles. The van der Waals surface area contributed by atoms with Crippen molar-refractivity contribution >= 4 is 49.8 Å². The quantitative estimate of drug-likeness (QED) is 0.160. The van der Waals surface area contributed by atoms with Gasteiger partial charge in [0.15, 0.2) is 0 Å². The van der Waals surface area contributed by atoms with Gasteiger partial charge < -0.3 is 9.32 Å². The fourth-order valence-corrected chi connectivity index (χ4v) is 9.96. The van der Waals surface area contributed by atoms with E-state index in [2.05, 4.69) is 229 Å². The highest BCUT2D eigenvalue weighted by atomic mass is 16.3. The third-order valence-electron chi connectivity index (χ3n) is 12.8. The average Bonchev–Trinajstić information content (AvgIpc) is 3.87. The van der Waals surface area contributed by atoms with Crippen LogP contribution < -0.4 is 4.90 Å². The lowest BCUT2D eigenvalue weighted by Crippen LogP contribution is -2.28. The minimum atomic E-state index is -0.460. The van der Waals surface area contributed by atoms with E-state index in [1.165, 1.54) is 55.3 Å². The smallest absolute Gasteiger partial charge is 0.143 e. The Morgan fingerprint density at radius 2 is 0.836 bits per heavy atom. The lowest BCUT2D eigenvalue weighted by molar-refractivity contribution is 0.670. The summed E-state index contributed by atoms with van der Waals surface area (Å²) in [7, 11) is 0. The maximum Gasteiger partial charge on any atom is 0.143 e. The largest absolute Gasteiger partial charge is 0.455 e. The molecule has 0 fully saturated rings. The molecule has 11 aromatic rings. The summed E-state index contributed by atoms with van der Waals surface area (Å²) in [6.07, 6.45) is 0. The number of hydrogen-bond acceptors (Lipinski definition) is 2. The Kier molecular flexibility index (Phi) is 8.11. The second kappa shape index (κ2) is 14.1. The van der Waals surface area contributed by atoms with E-state index in [-0.39, 0.29) is 0 Å². The van der Waals surface area contributed by atoms with Crippen LogP contribution in [0.1, 0.15) is 22.3 Å². The standard InChI is InChI=1S/C59H39NO/c1-2-15-45(16-3-1)59(55-22-9-6-17-51(55)52-18-7-10-23-56(52)59)46-31-37-49(38-32-46)60(47-33-27-41(28-34-47)44-26-25-40-13-4-5-14-43(40)39-44)48-35-29-42(30-36-48)50-20-12-21-54-53-19-8-11-24-57(53)61-58(50)54/h1-39H. The van der Waals surface area contributed by atoms with Gasteiger partial charge in [-0.15, -0.1) is 0 Å². The second-order valence-electron chi connectivity index (χ2n) is 16.0. The Balaban J connectivity index is 0.987. The minimum Gasteiger partial charge on any atom is -0.455 e. The van der Waals surface area contributed by atoms with Gasteiger partial charge in [-0.05, 0) is 109 Å². The van der Waals surface area contributed by atoms with E-state index in [1.807, 2.05) is 12.1 Å². The zero-order valence-electron chi connectivity index (χ0n) is 33.4. The van der Waals surface area contributed by atoms with E-state index in [0.717, 1.165) is 50.1 Å². The van der Waals surface area contributed by atoms with Crippen LogP contribution in [0.2, 0.25) is 0 Å². The molecule has 12 rings (SSSR count). The van der Waals surface area contributed by atoms with E-state index >= 15 is 0 Å². The van der Waals surface area contributed by atoms with Crippen molar-refractivity contribution < 1.29 is 4.42 Å². The summed E-state index contributed by atoms with van der Waals surface area (Å²) in [4.78, 5) is 2.37. The van der Waals surface area contributed by atoms with Crippen molar-refractivity contribution in [2.45, 2.75) is 5.41 Å². The van der Waals surface area contributed by atoms with Crippen LogP contribution in [0.4, 0.5) is 17.1 Å². The van der Waals surface area contributed by atoms with Crippen LogP contribution in [-0.4, -0.2) is 0 Å². The normalized spacial score (nSPS) is 12.7. The van der Waals surface area contributed by atoms with Gasteiger partial charge in [-0.3, -0.25) is 0 Å². The third kappa shape index (κ3) is 5.57. The Hall–Kier alpha value is -7.94. The highest BCUT2D eigenvalue weighted by Gasteiger charge is 2.45. The molecule has 0 radical (unpaired) electrons. The predicted molar refractivity (Wildman–Crippen MR) is 254 cm³/mol. The number of furan rings is 1. The Morgan fingerprint density at radius 3 is 1.54 bits per heavy atom. The molecular formula is C59H39NO. The zero-order valence-corrected chi connectivity index (χ0v) is 33.4.